The van der Waals surface area contributed by atoms with Gasteiger partial charge in [-0.15, -0.1) is 0 Å². The number of hydrogen-bond acceptors (Lipinski definition) is 3. The van der Waals surface area contributed by atoms with Gasteiger partial charge in [0.2, 0.25) is 5.91 Å². The fourth-order valence-electron chi connectivity index (χ4n) is 2.54. The molecule has 0 saturated carbocycles. The maximum Gasteiger partial charge on any atom is 0.227 e. The summed E-state index contributed by atoms with van der Waals surface area (Å²) in [6.45, 7) is 1.41. The van der Waals surface area contributed by atoms with Crippen LogP contribution >= 0.6 is 0 Å². The standard InChI is InChI=1S/C17H18N2O2/c20-17(11-14-5-2-1-3-6-14)19-10-8-16(13-19)21-15-7-4-9-18-12-15/h1-7,9,12,16H,8,10-11,13H2. The number of amides is 1. The summed E-state index contributed by atoms with van der Waals surface area (Å²) in [6, 6.07) is 13.6. The minimum Gasteiger partial charge on any atom is -0.487 e. The summed E-state index contributed by atoms with van der Waals surface area (Å²) in [5.74, 6) is 0.929. The molecule has 2 heterocycles. The van der Waals surface area contributed by atoms with E-state index in [0.29, 0.717) is 13.0 Å². The first-order valence-electron chi connectivity index (χ1n) is 7.19. The molecule has 4 heteroatoms. The van der Waals surface area contributed by atoms with E-state index < -0.39 is 0 Å². The van der Waals surface area contributed by atoms with Crippen molar-refractivity contribution in [2.45, 2.75) is 18.9 Å². The van der Waals surface area contributed by atoms with Gasteiger partial charge < -0.3 is 9.64 Å². The topological polar surface area (TPSA) is 42.4 Å². The number of nitrogens with zero attached hydrogens (tertiary/aromatic N) is 2. The molecule has 21 heavy (non-hydrogen) atoms. The Morgan fingerprint density at radius 1 is 1.24 bits per heavy atom. The number of rotatable bonds is 4. The molecular weight excluding hydrogens is 264 g/mol. The Balaban J connectivity index is 1.53. The fraction of sp³-hybridized carbons (Fsp3) is 0.294. The summed E-state index contributed by atoms with van der Waals surface area (Å²) in [5.41, 5.74) is 1.05. The van der Waals surface area contributed by atoms with E-state index in [-0.39, 0.29) is 12.0 Å². The van der Waals surface area contributed by atoms with E-state index in [1.807, 2.05) is 47.4 Å². The fourth-order valence-corrected chi connectivity index (χ4v) is 2.54. The largest absolute Gasteiger partial charge is 0.487 e. The first-order valence-corrected chi connectivity index (χ1v) is 7.19. The van der Waals surface area contributed by atoms with Crippen molar-refractivity contribution in [3.8, 4) is 5.75 Å². The van der Waals surface area contributed by atoms with E-state index in [0.717, 1.165) is 24.3 Å². The van der Waals surface area contributed by atoms with Crippen LogP contribution in [0.15, 0.2) is 54.9 Å². The Bertz CT molecular complexity index is 586. The lowest BCUT2D eigenvalue weighted by molar-refractivity contribution is -0.129. The van der Waals surface area contributed by atoms with E-state index in [1.54, 1.807) is 12.4 Å². The van der Waals surface area contributed by atoms with Crippen LogP contribution in [0.5, 0.6) is 5.75 Å². The third kappa shape index (κ3) is 3.60. The van der Waals surface area contributed by atoms with E-state index >= 15 is 0 Å². The maximum atomic E-state index is 12.3. The van der Waals surface area contributed by atoms with Gasteiger partial charge in [0.05, 0.1) is 19.2 Å². The number of benzene rings is 1. The second kappa shape index (κ2) is 6.39. The molecule has 1 amide bonds. The molecular formula is C17H18N2O2. The molecule has 1 aromatic heterocycles. The van der Waals surface area contributed by atoms with E-state index in [1.165, 1.54) is 0 Å². The molecule has 4 nitrogen and oxygen atoms in total. The van der Waals surface area contributed by atoms with Crippen LogP contribution in [0, 0.1) is 0 Å². The van der Waals surface area contributed by atoms with Crippen molar-refractivity contribution in [3.63, 3.8) is 0 Å². The molecule has 1 unspecified atom stereocenters. The van der Waals surface area contributed by atoms with Gasteiger partial charge in [-0.05, 0) is 17.7 Å². The third-order valence-electron chi connectivity index (χ3n) is 3.63. The summed E-state index contributed by atoms with van der Waals surface area (Å²) in [5, 5.41) is 0. The molecule has 1 aromatic carbocycles. The van der Waals surface area contributed by atoms with Gasteiger partial charge in [-0.3, -0.25) is 9.78 Å². The molecule has 0 N–H and O–H groups in total. The number of ether oxygens (including phenoxy) is 1. The van der Waals surface area contributed by atoms with Crippen molar-refractivity contribution in [2.24, 2.45) is 0 Å². The monoisotopic (exact) mass is 282 g/mol. The molecule has 1 aliphatic rings. The van der Waals surface area contributed by atoms with Gasteiger partial charge in [0.25, 0.3) is 0 Å². The molecule has 1 saturated heterocycles. The summed E-state index contributed by atoms with van der Waals surface area (Å²) < 4.78 is 5.85. The Labute approximate surface area is 124 Å². The highest BCUT2D eigenvalue weighted by atomic mass is 16.5. The highest BCUT2D eigenvalue weighted by molar-refractivity contribution is 5.79. The Hall–Kier alpha value is -2.36. The first kappa shape index (κ1) is 13.6. The van der Waals surface area contributed by atoms with Crippen LogP contribution in [0.1, 0.15) is 12.0 Å². The molecule has 0 bridgehead atoms. The zero-order valence-electron chi connectivity index (χ0n) is 11.8. The molecule has 0 aliphatic carbocycles. The number of pyridine rings is 1. The Kier molecular flexibility index (Phi) is 4.15. The van der Waals surface area contributed by atoms with Gasteiger partial charge in [-0.1, -0.05) is 30.3 Å². The highest BCUT2D eigenvalue weighted by Crippen LogP contribution is 2.18. The highest BCUT2D eigenvalue weighted by Gasteiger charge is 2.27. The summed E-state index contributed by atoms with van der Waals surface area (Å²) >= 11 is 0. The molecule has 3 rings (SSSR count). The van der Waals surface area contributed by atoms with Gasteiger partial charge in [-0.25, -0.2) is 0 Å². The van der Waals surface area contributed by atoms with Crippen LogP contribution in [0.25, 0.3) is 0 Å². The van der Waals surface area contributed by atoms with Crippen molar-refractivity contribution >= 4 is 5.91 Å². The van der Waals surface area contributed by atoms with Gasteiger partial charge >= 0.3 is 0 Å². The third-order valence-corrected chi connectivity index (χ3v) is 3.63. The minimum atomic E-state index is 0.0638. The predicted octanol–water partition coefficient (Wildman–Crippen LogP) is 2.30. The van der Waals surface area contributed by atoms with Crippen LogP contribution in [0.3, 0.4) is 0 Å². The second-order valence-corrected chi connectivity index (χ2v) is 5.22. The van der Waals surface area contributed by atoms with E-state index in [9.17, 15) is 4.79 Å². The molecule has 0 radical (unpaired) electrons. The lowest BCUT2D eigenvalue weighted by Gasteiger charge is -2.17. The summed E-state index contributed by atoms with van der Waals surface area (Å²) in [4.78, 5) is 18.2. The van der Waals surface area contributed by atoms with Gasteiger partial charge in [0.1, 0.15) is 11.9 Å². The molecule has 1 aliphatic heterocycles. The van der Waals surface area contributed by atoms with Crippen molar-refractivity contribution in [1.82, 2.24) is 9.88 Å². The zero-order valence-corrected chi connectivity index (χ0v) is 11.8. The summed E-state index contributed by atoms with van der Waals surface area (Å²) in [6.07, 6.45) is 4.82. The lowest BCUT2D eigenvalue weighted by atomic mass is 10.1. The average molecular weight is 282 g/mol. The van der Waals surface area contributed by atoms with Crippen LogP contribution in [-0.2, 0) is 11.2 Å². The zero-order chi connectivity index (χ0) is 14.5. The number of hydrogen-bond donors (Lipinski definition) is 0. The quantitative estimate of drug-likeness (QED) is 0.864. The SMILES string of the molecule is O=C(Cc1ccccc1)N1CCC(Oc2cccnc2)C1. The Morgan fingerprint density at radius 2 is 2.10 bits per heavy atom. The van der Waals surface area contributed by atoms with Crippen LogP contribution < -0.4 is 4.74 Å². The normalized spacial score (nSPS) is 17.7. The number of carbonyl (C=O) groups is 1. The lowest BCUT2D eigenvalue weighted by Crippen LogP contribution is -2.32. The molecule has 1 fully saturated rings. The smallest absolute Gasteiger partial charge is 0.227 e. The van der Waals surface area contributed by atoms with Crippen molar-refractivity contribution < 1.29 is 9.53 Å². The predicted molar refractivity (Wildman–Crippen MR) is 80.0 cm³/mol. The van der Waals surface area contributed by atoms with Gasteiger partial charge in [-0.2, -0.15) is 0 Å². The Morgan fingerprint density at radius 3 is 2.86 bits per heavy atom. The molecule has 1 atom stereocenters. The average Bonchev–Trinajstić information content (AvgIpc) is 2.98. The van der Waals surface area contributed by atoms with Crippen LogP contribution in [0.4, 0.5) is 0 Å². The maximum absolute atomic E-state index is 12.3. The number of carbonyl (C=O) groups excluding carboxylic acids is 1. The molecule has 2 aromatic rings. The van der Waals surface area contributed by atoms with Crippen LogP contribution in [-0.4, -0.2) is 35.0 Å². The number of aromatic nitrogens is 1. The van der Waals surface area contributed by atoms with E-state index in [2.05, 4.69) is 4.98 Å². The number of likely N-dealkylation sites (tertiary alicyclic amines) is 1. The van der Waals surface area contributed by atoms with Crippen molar-refractivity contribution in [3.05, 3.63) is 60.4 Å². The summed E-state index contributed by atoms with van der Waals surface area (Å²) in [7, 11) is 0. The second-order valence-electron chi connectivity index (χ2n) is 5.22. The van der Waals surface area contributed by atoms with Crippen LogP contribution in [0.2, 0.25) is 0 Å². The molecule has 108 valence electrons. The van der Waals surface area contributed by atoms with Gasteiger partial charge in [0.15, 0.2) is 0 Å². The van der Waals surface area contributed by atoms with Crippen molar-refractivity contribution in [2.75, 3.05) is 13.1 Å². The van der Waals surface area contributed by atoms with Gasteiger partial charge in [0, 0.05) is 19.2 Å². The molecule has 0 spiro atoms. The van der Waals surface area contributed by atoms with E-state index in [4.69, 9.17) is 4.74 Å². The first-order chi connectivity index (χ1) is 10.3. The minimum absolute atomic E-state index is 0.0638. The van der Waals surface area contributed by atoms with Crippen molar-refractivity contribution in [1.29, 1.82) is 0 Å².